The van der Waals surface area contributed by atoms with Crippen LogP contribution in [0, 0.1) is 6.92 Å². The molecule has 0 radical (unpaired) electrons. The predicted octanol–water partition coefficient (Wildman–Crippen LogP) is 2.47. The van der Waals surface area contributed by atoms with E-state index >= 15 is 0 Å². The summed E-state index contributed by atoms with van der Waals surface area (Å²) in [6.07, 6.45) is 1.34. The monoisotopic (exact) mass is 228 g/mol. The maximum atomic E-state index is 11.8. The molecule has 1 aromatic carbocycles. The molecule has 1 heterocycles. The second kappa shape index (κ2) is 5.25. The molecule has 1 aromatic heterocycles. The standard InChI is InChI=1S/C14H14NO2/c1-12-7-5-6-10-15(12)14(16)17-11-13-8-3-2-4-9-13/h2-10H,11H2,1H3/q+1. The molecular weight excluding hydrogens is 214 g/mol. The summed E-state index contributed by atoms with van der Waals surface area (Å²) in [5.41, 5.74) is 1.83. The zero-order chi connectivity index (χ0) is 12.1. The molecule has 0 fully saturated rings. The van der Waals surface area contributed by atoms with Gasteiger partial charge in [0.2, 0.25) is 0 Å². The fourth-order valence-corrected chi connectivity index (χ4v) is 1.52. The molecule has 0 atom stereocenters. The van der Waals surface area contributed by atoms with Gasteiger partial charge in [0.15, 0.2) is 11.9 Å². The molecule has 2 rings (SSSR count). The first-order chi connectivity index (χ1) is 8.27. The molecule has 86 valence electrons. The Labute approximate surface area is 100 Å². The Morgan fingerprint density at radius 3 is 2.53 bits per heavy atom. The van der Waals surface area contributed by atoms with Crippen molar-refractivity contribution in [2.24, 2.45) is 0 Å². The van der Waals surface area contributed by atoms with Crippen molar-refractivity contribution in [3.05, 3.63) is 66.0 Å². The molecule has 3 heteroatoms. The quantitative estimate of drug-likeness (QED) is 0.739. The van der Waals surface area contributed by atoms with E-state index in [9.17, 15) is 4.79 Å². The van der Waals surface area contributed by atoms with Crippen LogP contribution in [-0.2, 0) is 11.3 Å². The Hall–Kier alpha value is -2.16. The highest BCUT2D eigenvalue weighted by atomic mass is 16.5. The SMILES string of the molecule is Cc1cccc[n+]1C(=O)OCc1ccccc1. The van der Waals surface area contributed by atoms with Crippen molar-refractivity contribution in [3.8, 4) is 0 Å². The Kier molecular flexibility index (Phi) is 3.50. The van der Waals surface area contributed by atoms with Gasteiger partial charge in [-0.3, -0.25) is 0 Å². The molecule has 0 N–H and O–H groups in total. The molecule has 0 aliphatic rings. The molecule has 2 aromatic rings. The molecule has 0 aliphatic heterocycles. The third-order valence-electron chi connectivity index (χ3n) is 2.47. The highest BCUT2D eigenvalue weighted by molar-refractivity contribution is 5.57. The average Bonchev–Trinajstić information content (AvgIpc) is 2.38. The largest absolute Gasteiger partial charge is 0.602 e. The van der Waals surface area contributed by atoms with Crippen LogP contribution in [0.3, 0.4) is 0 Å². The van der Waals surface area contributed by atoms with Gasteiger partial charge >= 0.3 is 6.09 Å². The fourth-order valence-electron chi connectivity index (χ4n) is 1.52. The van der Waals surface area contributed by atoms with Crippen molar-refractivity contribution in [2.45, 2.75) is 13.5 Å². The molecule has 0 aliphatic carbocycles. The van der Waals surface area contributed by atoms with Crippen LogP contribution in [0.15, 0.2) is 54.7 Å². The molecule has 17 heavy (non-hydrogen) atoms. The van der Waals surface area contributed by atoms with Crippen molar-refractivity contribution in [3.63, 3.8) is 0 Å². The van der Waals surface area contributed by atoms with Gasteiger partial charge in [-0.2, -0.15) is 4.79 Å². The van der Waals surface area contributed by atoms with Gasteiger partial charge in [0.25, 0.3) is 0 Å². The third kappa shape index (κ3) is 2.91. The summed E-state index contributed by atoms with van der Waals surface area (Å²) >= 11 is 0. The number of aryl methyl sites for hydroxylation is 1. The average molecular weight is 228 g/mol. The van der Waals surface area contributed by atoms with Gasteiger partial charge in [-0.05, 0) is 5.56 Å². The number of pyridine rings is 1. The molecule has 0 bridgehead atoms. The second-order valence-corrected chi connectivity index (χ2v) is 3.75. The smallest absolute Gasteiger partial charge is 0.407 e. The van der Waals surface area contributed by atoms with Gasteiger partial charge < -0.3 is 4.74 Å². The van der Waals surface area contributed by atoms with E-state index in [1.807, 2.05) is 49.4 Å². The van der Waals surface area contributed by atoms with E-state index in [2.05, 4.69) is 0 Å². The molecule has 3 nitrogen and oxygen atoms in total. The normalized spacial score (nSPS) is 9.94. The number of aromatic nitrogens is 1. The Bertz CT molecular complexity index is 509. The predicted molar refractivity (Wildman–Crippen MR) is 63.4 cm³/mol. The van der Waals surface area contributed by atoms with Gasteiger partial charge in [-0.25, -0.2) is 0 Å². The molecule has 0 saturated carbocycles. The molecule has 0 saturated heterocycles. The lowest BCUT2D eigenvalue weighted by molar-refractivity contribution is -0.593. The first kappa shape index (κ1) is 11.3. The summed E-state index contributed by atoms with van der Waals surface area (Å²) in [5, 5.41) is 0. The van der Waals surface area contributed by atoms with Gasteiger partial charge in [-0.15, -0.1) is 0 Å². The lowest BCUT2D eigenvalue weighted by atomic mass is 10.2. The lowest BCUT2D eigenvalue weighted by Gasteiger charge is -2.01. The van der Waals surface area contributed by atoms with Crippen LogP contribution < -0.4 is 4.57 Å². The van der Waals surface area contributed by atoms with Crippen LogP contribution >= 0.6 is 0 Å². The summed E-state index contributed by atoms with van der Waals surface area (Å²) in [5.74, 6) is 0. The fraction of sp³-hybridized carbons (Fsp3) is 0.143. The van der Waals surface area contributed by atoms with Gasteiger partial charge in [0.1, 0.15) is 6.61 Å². The van der Waals surface area contributed by atoms with Crippen LogP contribution in [0.25, 0.3) is 0 Å². The first-order valence-corrected chi connectivity index (χ1v) is 5.46. The summed E-state index contributed by atoms with van der Waals surface area (Å²) < 4.78 is 6.71. The highest BCUT2D eigenvalue weighted by Gasteiger charge is 2.18. The summed E-state index contributed by atoms with van der Waals surface area (Å²) in [4.78, 5) is 11.8. The third-order valence-corrected chi connectivity index (χ3v) is 2.47. The second-order valence-electron chi connectivity index (χ2n) is 3.75. The summed E-state index contributed by atoms with van der Waals surface area (Å²) in [7, 11) is 0. The highest BCUT2D eigenvalue weighted by Crippen LogP contribution is 2.00. The number of carbonyl (C=O) groups is 1. The lowest BCUT2D eigenvalue weighted by Crippen LogP contribution is -2.45. The summed E-state index contributed by atoms with van der Waals surface area (Å²) in [6.45, 7) is 2.16. The number of nitrogens with zero attached hydrogens (tertiary/aromatic N) is 1. The number of hydrogen-bond acceptors (Lipinski definition) is 2. The van der Waals surface area contributed by atoms with E-state index in [1.54, 1.807) is 12.3 Å². The van der Waals surface area contributed by atoms with Crippen molar-refractivity contribution >= 4 is 6.09 Å². The maximum Gasteiger partial charge on any atom is 0.602 e. The Morgan fingerprint density at radius 2 is 1.82 bits per heavy atom. The Morgan fingerprint density at radius 1 is 1.12 bits per heavy atom. The van der Waals surface area contributed by atoms with Crippen molar-refractivity contribution < 1.29 is 14.1 Å². The number of benzene rings is 1. The molecule has 0 spiro atoms. The topological polar surface area (TPSA) is 30.2 Å². The van der Waals surface area contributed by atoms with E-state index in [0.29, 0.717) is 6.61 Å². The first-order valence-electron chi connectivity index (χ1n) is 5.46. The van der Waals surface area contributed by atoms with E-state index in [1.165, 1.54) is 4.57 Å². The zero-order valence-electron chi connectivity index (χ0n) is 9.67. The van der Waals surface area contributed by atoms with Gasteiger partial charge in [0, 0.05) is 19.1 Å². The number of hydrogen-bond donors (Lipinski definition) is 0. The van der Waals surface area contributed by atoms with Crippen molar-refractivity contribution in [2.75, 3.05) is 0 Å². The number of carbonyl (C=O) groups excluding carboxylic acids is 1. The Balaban J connectivity index is 2.01. The maximum absolute atomic E-state index is 11.8. The van der Waals surface area contributed by atoms with Crippen LogP contribution in [0.4, 0.5) is 4.79 Å². The van der Waals surface area contributed by atoms with Crippen molar-refractivity contribution in [1.29, 1.82) is 0 Å². The van der Waals surface area contributed by atoms with E-state index in [0.717, 1.165) is 11.3 Å². The van der Waals surface area contributed by atoms with Crippen molar-refractivity contribution in [1.82, 2.24) is 0 Å². The number of ether oxygens (including phenoxy) is 1. The van der Waals surface area contributed by atoms with Crippen LogP contribution in [0.5, 0.6) is 0 Å². The zero-order valence-corrected chi connectivity index (χ0v) is 9.67. The molecule has 0 amide bonds. The van der Waals surface area contributed by atoms with E-state index in [-0.39, 0.29) is 6.09 Å². The van der Waals surface area contributed by atoms with Crippen LogP contribution in [-0.4, -0.2) is 6.09 Å². The minimum Gasteiger partial charge on any atom is -0.407 e. The van der Waals surface area contributed by atoms with E-state index < -0.39 is 0 Å². The minimum absolute atomic E-state index is 0.293. The van der Waals surface area contributed by atoms with E-state index in [4.69, 9.17) is 4.74 Å². The molecule has 0 unspecified atom stereocenters. The van der Waals surface area contributed by atoms with Gasteiger partial charge in [0.05, 0.1) is 0 Å². The van der Waals surface area contributed by atoms with Gasteiger partial charge in [-0.1, -0.05) is 41.0 Å². The number of rotatable bonds is 2. The minimum atomic E-state index is -0.355. The van der Waals surface area contributed by atoms with Crippen LogP contribution in [0.2, 0.25) is 0 Å². The summed E-state index contributed by atoms with van der Waals surface area (Å²) in [6, 6.07) is 15.2. The van der Waals surface area contributed by atoms with Crippen LogP contribution in [0.1, 0.15) is 11.3 Å². The molecular formula is C14H14NO2+.